The molecule has 2 unspecified atom stereocenters. The fourth-order valence-corrected chi connectivity index (χ4v) is 7.07. The maximum atomic E-state index is 12.0. The first-order valence-electron chi connectivity index (χ1n) is 18.2. The van der Waals surface area contributed by atoms with Crippen molar-refractivity contribution in [2.75, 3.05) is 14.2 Å². The van der Waals surface area contributed by atoms with Gasteiger partial charge in [-0.05, 0) is 88.7 Å². The van der Waals surface area contributed by atoms with E-state index in [-0.39, 0.29) is 37.9 Å². The number of carboxylic acids is 1. The average molecular weight is 727 g/mol. The Morgan fingerprint density at radius 2 is 1.31 bits per heavy atom. The molecule has 0 fully saturated rings. The van der Waals surface area contributed by atoms with Gasteiger partial charge in [0.2, 0.25) is 0 Å². The van der Waals surface area contributed by atoms with Gasteiger partial charge in [0, 0.05) is 11.8 Å². The van der Waals surface area contributed by atoms with Gasteiger partial charge in [-0.3, -0.25) is 9.59 Å². The van der Waals surface area contributed by atoms with Gasteiger partial charge in [-0.25, -0.2) is 0 Å². The van der Waals surface area contributed by atoms with Crippen molar-refractivity contribution in [2.45, 2.75) is 51.1 Å². The van der Waals surface area contributed by atoms with E-state index in [1.807, 2.05) is 54.6 Å². The Balaban J connectivity index is 1.16. The Labute approximate surface area is 317 Å². The summed E-state index contributed by atoms with van der Waals surface area (Å²) in [5.74, 6) is 0.966. The first-order chi connectivity index (χ1) is 26.4. The van der Waals surface area contributed by atoms with Crippen LogP contribution in [0.5, 0.6) is 5.75 Å². The molecule has 2 aliphatic rings. The van der Waals surface area contributed by atoms with E-state index < -0.39 is 17.5 Å². The largest absolute Gasteiger partial charge is 0.497 e. The normalized spacial score (nSPS) is 17.4. The highest BCUT2D eigenvalue weighted by Crippen LogP contribution is 2.48. The van der Waals surface area contributed by atoms with E-state index in [2.05, 4.69) is 85.0 Å². The molecular formula is C46H46O8. The highest BCUT2D eigenvalue weighted by atomic mass is 16.5. The van der Waals surface area contributed by atoms with Crippen molar-refractivity contribution in [3.05, 3.63) is 173 Å². The molecule has 8 heteroatoms. The van der Waals surface area contributed by atoms with Gasteiger partial charge in [0.1, 0.15) is 36.1 Å². The quantitative estimate of drug-likeness (QED) is 0.108. The van der Waals surface area contributed by atoms with Gasteiger partial charge >= 0.3 is 11.9 Å². The maximum Gasteiger partial charge on any atom is 0.306 e. The second kappa shape index (κ2) is 18.3. The van der Waals surface area contributed by atoms with Gasteiger partial charge in [-0.15, -0.1) is 0 Å². The van der Waals surface area contributed by atoms with E-state index in [1.54, 1.807) is 14.2 Å². The molecule has 2 aliphatic carbocycles. The minimum atomic E-state index is -1.03. The SMILES string of the molecule is COC1=CCC(C(OCc2cccc(-c3ccc(OCc4ccccc4COC(=O)CCC(=O)O)cc3)c2)(c2ccccc2)C2C=CC(OC)=CC2)C=C1. The van der Waals surface area contributed by atoms with Crippen LogP contribution in [-0.2, 0) is 54.0 Å². The molecule has 0 radical (unpaired) electrons. The number of aliphatic carboxylic acids is 1. The number of carbonyl (C=O) groups excluding carboxylic acids is 1. The maximum absolute atomic E-state index is 12.0. The summed E-state index contributed by atoms with van der Waals surface area (Å²) in [6, 6.07) is 34.5. The highest BCUT2D eigenvalue weighted by molar-refractivity contribution is 5.76. The molecule has 0 heterocycles. The predicted molar refractivity (Wildman–Crippen MR) is 207 cm³/mol. The smallest absolute Gasteiger partial charge is 0.306 e. The lowest BCUT2D eigenvalue weighted by Crippen LogP contribution is -2.44. The second-order valence-electron chi connectivity index (χ2n) is 13.3. The van der Waals surface area contributed by atoms with Crippen LogP contribution >= 0.6 is 0 Å². The molecule has 0 aliphatic heterocycles. The lowest BCUT2D eigenvalue weighted by Gasteiger charge is -2.46. The number of methoxy groups -OCH3 is 2. The second-order valence-corrected chi connectivity index (χ2v) is 13.3. The number of rotatable bonds is 17. The monoisotopic (exact) mass is 726 g/mol. The van der Waals surface area contributed by atoms with Crippen LogP contribution in [0.2, 0.25) is 0 Å². The van der Waals surface area contributed by atoms with Gasteiger partial charge in [0.15, 0.2) is 0 Å². The molecule has 0 aromatic heterocycles. The van der Waals surface area contributed by atoms with Crippen LogP contribution in [0.4, 0.5) is 0 Å². The van der Waals surface area contributed by atoms with Crippen LogP contribution in [0.15, 0.2) is 151 Å². The standard InChI is InChI=1S/C46H46O8/c1-50-41-23-17-39(18-24-41)46(38-13-4-3-5-14-38,40-19-25-42(51-2)26-20-40)54-30-33-9-8-12-35(29-33)34-15-21-43(22-16-34)52-31-36-10-6-7-11-37(36)32-53-45(49)28-27-44(47)48/h3-17,19,21-26,29,39-40H,18,20,27-28,30-32H2,1-2H3,(H,47,48). The Hall–Kier alpha value is -5.86. The van der Waals surface area contributed by atoms with Gasteiger partial charge < -0.3 is 28.8 Å². The predicted octanol–water partition coefficient (Wildman–Crippen LogP) is 9.47. The van der Waals surface area contributed by atoms with Crippen molar-refractivity contribution in [2.24, 2.45) is 11.8 Å². The van der Waals surface area contributed by atoms with Gasteiger partial charge in [0.25, 0.3) is 0 Å². The number of hydrogen-bond donors (Lipinski definition) is 1. The molecule has 0 saturated heterocycles. The first-order valence-corrected chi connectivity index (χ1v) is 18.2. The number of allylic oxidation sites excluding steroid dienone is 4. The first kappa shape index (κ1) is 37.9. The molecule has 54 heavy (non-hydrogen) atoms. The van der Waals surface area contributed by atoms with Crippen molar-refractivity contribution in [3.8, 4) is 16.9 Å². The van der Waals surface area contributed by atoms with E-state index in [0.717, 1.165) is 57.7 Å². The number of benzene rings is 4. The molecule has 278 valence electrons. The topological polar surface area (TPSA) is 101 Å². The molecular weight excluding hydrogens is 680 g/mol. The van der Waals surface area contributed by atoms with Crippen molar-refractivity contribution in [1.29, 1.82) is 0 Å². The average Bonchev–Trinajstić information content (AvgIpc) is 3.23. The van der Waals surface area contributed by atoms with Crippen LogP contribution in [0, 0.1) is 11.8 Å². The molecule has 4 aromatic rings. The van der Waals surface area contributed by atoms with Crippen LogP contribution in [0.3, 0.4) is 0 Å². The third-order valence-electron chi connectivity index (χ3n) is 9.97. The van der Waals surface area contributed by atoms with Crippen LogP contribution in [0.25, 0.3) is 11.1 Å². The number of ether oxygens (including phenoxy) is 5. The third-order valence-corrected chi connectivity index (χ3v) is 9.97. The number of esters is 1. The number of carboxylic acid groups (broad SMARTS) is 1. The molecule has 4 aromatic carbocycles. The van der Waals surface area contributed by atoms with Crippen molar-refractivity contribution < 1.29 is 38.4 Å². The molecule has 0 spiro atoms. The fraction of sp³-hybridized carbons (Fsp3) is 0.261. The van der Waals surface area contributed by atoms with Gasteiger partial charge in [-0.1, -0.05) is 97.1 Å². The van der Waals surface area contributed by atoms with E-state index in [0.29, 0.717) is 12.4 Å². The van der Waals surface area contributed by atoms with Crippen LogP contribution in [-0.4, -0.2) is 31.3 Å². The molecule has 0 amide bonds. The summed E-state index contributed by atoms with van der Waals surface area (Å²) < 4.78 is 29.8. The summed E-state index contributed by atoms with van der Waals surface area (Å²) in [6.07, 6.45) is 14.0. The van der Waals surface area contributed by atoms with Crippen molar-refractivity contribution in [3.63, 3.8) is 0 Å². The summed E-state index contributed by atoms with van der Waals surface area (Å²) >= 11 is 0. The molecule has 0 bridgehead atoms. The summed E-state index contributed by atoms with van der Waals surface area (Å²) in [6.45, 7) is 0.750. The van der Waals surface area contributed by atoms with Gasteiger partial charge in [0.05, 0.1) is 33.7 Å². The molecule has 2 atom stereocenters. The Bertz CT molecular complexity index is 1970. The minimum Gasteiger partial charge on any atom is -0.497 e. The zero-order valence-electron chi connectivity index (χ0n) is 30.7. The minimum absolute atomic E-state index is 0.0513. The van der Waals surface area contributed by atoms with Crippen molar-refractivity contribution >= 4 is 11.9 Å². The molecule has 1 N–H and O–H groups in total. The van der Waals surface area contributed by atoms with Crippen LogP contribution in [0.1, 0.15) is 47.9 Å². The lowest BCUT2D eigenvalue weighted by atomic mass is 9.67. The van der Waals surface area contributed by atoms with E-state index in [1.165, 1.54) is 0 Å². The van der Waals surface area contributed by atoms with E-state index in [4.69, 9.17) is 28.8 Å². The third kappa shape index (κ3) is 9.38. The zero-order chi connectivity index (χ0) is 37.8. The summed E-state index contributed by atoms with van der Waals surface area (Å²) in [4.78, 5) is 22.7. The summed E-state index contributed by atoms with van der Waals surface area (Å²) in [5.41, 5.74) is 5.34. The number of hydrogen-bond acceptors (Lipinski definition) is 7. The molecule has 8 nitrogen and oxygen atoms in total. The van der Waals surface area contributed by atoms with Crippen molar-refractivity contribution in [1.82, 2.24) is 0 Å². The number of carbonyl (C=O) groups is 2. The van der Waals surface area contributed by atoms with E-state index >= 15 is 0 Å². The lowest BCUT2D eigenvalue weighted by molar-refractivity contribution is -0.148. The molecule has 0 saturated carbocycles. The van der Waals surface area contributed by atoms with Crippen LogP contribution < -0.4 is 4.74 Å². The van der Waals surface area contributed by atoms with E-state index in [9.17, 15) is 9.59 Å². The summed E-state index contributed by atoms with van der Waals surface area (Å²) in [7, 11) is 3.40. The van der Waals surface area contributed by atoms with Gasteiger partial charge in [-0.2, -0.15) is 0 Å². The fourth-order valence-electron chi connectivity index (χ4n) is 7.07. The Morgan fingerprint density at radius 3 is 1.91 bits per heavy atom. The Kier molecular flexibility index (Phi) is 12.8. The molecule has 6 rings (SSSR count). The summed E-state index contributed by atoms with van der Waals surface area (Å²) in [5, 5.41) is 8.81. The highest BCUT2D eigenvalue weighted by Gasteiger charge is 2.46. The zero-order valence-corrected chi connectivity index (χ0v) is 30.7. The Morgan fingerprint density at radius 1 is 0.685 bits per heavy atom.